The molecule has 0 aromatic heterocycles. The maximum absolute atomic E-state index is 12.0. The predicted molar refractivity (Wildman–Crippen MR) is 86.9 cm³/mol. The van der Waals surface area contributed by atoms with E-state index in [1.54, 1.807) is 0 Å². The SMILES string of the molecule is Cc1cc(N2CCN(C)CC2)ccc1NC(=O)C1CCC1. The lowest BCUT2D eigenvalue weighted by Gasteiger charge is -2.34. The van der Waals surface area contributed by atoms with Crippen LogP contribution in [0.1, 0.15) is 24.8 Å². The van der Waals surface area contributed by atoms with Crippen LogP contribution < -0.4 is 10.2 Å². The molecule has 3 rings (SSSR count). The van der Waals surface area contributed by atoms with Crippen molar-refractivity contribution in [3.63, 3.8) is 0 Å². The van der Waals surface area contributed by atoms with Crippen molar-refractivity contribution in [3.05, 3.63) is 23.8 Å². The predicted octanol–water partition coefficient (Wildman–Crippen LogP) is 2.49. The van der Waals surface area contributed by atoms with Crippen molar-refractivity contribution in [2.24, 2.45) is 5.92 Å². The van der Waals surface area contributed by atoms with Crippen molar-refractivity contribution in [2.45, 2.75) is 26.2 Å². The van der Waals surface area contributed by atoms with Crippen LogP contribution in [0.4, 0.5) is 11.4 Å². The Kier molecular flexibility index (Phi) is 4.15. The number of piperazine rings is 1. The van der Waals surface area contributed by atoms with E-state index in [1.165, 1.54) is 12.1 Å². The van der Waals surface area contributed by atoms with E-state index in [0.717, 1.165) is 50.3 Å². The Morgan fingerprint density at radius 2 is 1.90 bits per heavy atom. The summed E-state index contributed by atoms with van der Waals surface area (Å²) in [5.41, 5.74) is 3.38. The van der Waals surface area contributed by atoms with Gasteiger partial charge in [-0.3, -0.25) is 4.79 Å². The summed E-state index contributed by atoms with van der Waals surface area (Å²) in [6, 6.07) is 6.38. The Balaban J connectivity index is 1.66. The van der Waals surface area contributed by atoms with Crippen molar-refractivity contribution in [3.8, 4) is 0 Å². The quantitative estimate of drug-likeness (QED) is 0.928. The molecule has 0 radical (unpaired) electrons. The lowest BCUT2D eigenvalue weighted by Crippen LogP contribution is -2.44. The lowest BCUT2D eigenvalue weighted by molar-refractivity contribution is -0.122. The Bertz CT molecular complexity index is 517. The second kappa shape index (κ2) is 6.06. The fourth-order valence-corrected chi connectivity index (χ4v) is 2.95. The summed E-state index contributed by atoms with van der Waals surface area (Å²) < 4.78 is 0. The molecule has 21 heavy (non-hydrogen) atoms. The molecule has 0 unspecified atom stereocenters. The minimum Gasteiger partial charge on any atom is -0.369 e. The van der Waals surface area contributed by atoms with Crippen molar-refractivity contribution in [1.82, 2.24) is 4.90 Å². The minimum absolute atomic E-state index is 0.191. The molecule has 0 spiro atoms. The van der Waals surface area contributed by atoms with Gasteiger partial charge >= 0.3 is 0 Å². The molecule has 0 atom stereocenters. The van der Waals surface area contributed by atoms with E-state index in [1.807, 2.05) is 0 Å². The van der Waals surface area contributed by atoms with Crippen LogP contribution in [0.25, 0.3) is 0 Å². The third-order valence-electron chi connectivity index (χ3n) is 4.81. The van der Waals surface area contributed by atoms with E-state index >= 15 is 0 Å². The van der Waals surface area contributed by atoms with E-state index in [4.69, 9.17) is 0 Å². The Morgan fingerprint density at radius 1 is 1.19 bits per heavy atom. The molecular weight excluding hydrogens is 262 g/mol. The van der Waals surface area contributed by atoms with Gasteiger partial charge in [-0.15, -0.1) is 0 Å². The minimum atomic E-state index is 0.191. The van der Waals surface area contributed by atoms with Crippen LogP contribution >= 0.6 is 0 Å². The van der Waals surface area contributed by atoms with Gasteiger partial charge in [0.1, 0.15) is 0 Å². The fourth-order valence-electron chi connectivity index (χ4n) is 2.95. The molecule has 1 aliphatic carbocycles. The molecule has 1 aromatic carbocycles. The molecular formula is C17H25N3O. The zero-order chi connectivity index (χ0) is 14.8. The monoisotopic (exact) mass is 287 g/mol. The first-order chi connectivity index (χ1) is 10.1. The molecule has 114 valence electrons. The second-order valence-corrected chi connectivity index (χ2v) is 6.41. The van der Waals surface area contributed by atoms with Crippen LogP contribution in [0, 0.1) is 12.8 Å². The van der Waals surface area contributed by atoms with Crippen molar-refractivity contribution < 1.29 is 4.79 Å². The fraction of sp³-hybridized carbons (Fsp3) is 0.588. The van der Waals surface area contributed by atoms with E-state index in [9.17, 15) is 4.79 Å². The number of likely N-dealkylation sites (N-methyl/N-ethyl adjacent to an activating group) is 1. The third kappa shape index (κ3) is 3.21. The molecule has 1 heterocycles. The molecule has 0 bridgehead atoms. The summed E-state index contributed by atoms with van der Waals surface area (Å²) >= 11 is 0. The molecule has 4 nitrogen and oxygen atoms in total. The highest BCUT2D eigenvalue weighted by molar-refractivity contribution is 5.93. The van der Waals surface area contributed by atoms with E-state index < -0.39 is 0 Å². The number of nitrogens with one attached hydrogen (secondary N) is 1. The van der Waals surface area contributed by atoms with Gasteiger partial charge in [-0.1, -0.05) is 6.42 Å². The maximum Gasteiger partial charge on any atom is 0.227 e. The molecule has 2 fully saturated rings. The van der Waals surface area contributed by atoms with Crippen LogP contribution in [0.3, 0.4) is 0 Å². The first kappa shape index (κ1) is 14.4. The highest BCUT2D eigenvalue weighted by Crippen LogP contribution is 2.29. The summed E-state index contributed by atoms with van der Waals surface area (Å²) in [5, 5.41) is 3.08. The number of anilines is 2. The van der Waals surface area contributed by atoms with Crippen LogP contribution in [-0.2, 0) is 4.79 Å². The van der Waals surface area contributed by atoms with Gasteiger partial charge in [0.2, 0.25) is 5.91 Å². The molecule has 1 saturated carbocycles. The van der Waals surface area contributed by atoms with Gasteiger partial charge in [0.25, 0.3) is 0 Å². The van der Waals surface area contributed by atoms with Gasteiger partial charge in [0, 0.05) is 43.5 Å². The lowest BCUT2D eigenvalue weighted by atomic mass is 9.85. The Morgan fingerprint density at radius 3 is 2.48 bits per heavy atom. The summed E-state index contributed by atoms with van der Waals surface area (Å²) in [7, 11) is 2.17. The van der Waals surface area contributed by atoms with Crippen molar-refractivity contribution in [2.75, 3.05) is 43.4 Å². The van der Waals surface area contributed by atoms with Gasteiger partial charge in [-0.2, -0.15) is 0 Å². The first-order valence-corrected chi connectivity index (χ1v) is 7.98. The average molecular weight is 287 g/mol. The van der Waals surface area contributed by atoms with Gasteiger partial charge in [-0.05, 0) is 50.6 Å². The summed E-state index contributed by atoms with van der Waals surface area (Å²) in [6.45, 7) is 6.45. The topological polar surface area (TPSA) is 35.6 Å². The van der Waals surface area contributed by atoms with Gasteiger partial charge in [-0.25, -0.2) is 0 Å². The number of rotatable bonds is 3. The summed E-state index contributed by atoms with van der Waals surface area (Å²) in [6.07, 6.45) is 3.29. The van der Waals surface area contributed by atoms with Gasteiger partial charge in [0.15, 0.2) is 0 Å². The van der Waals surface area contributed by atoms with Crippen LogP contribution in [0.2, 0.25) is 0 Å². The maximum atomic E-state index is 12.0. The van der Waals surface area contributed by atoms with E-state index in [2.05, 4.69) is 47.3 Å². The molecule has 2 aliphatic rings. The van der Waals surface area contributed by atoms with E-state index in [-0.39, 0.29) is 11.8 Å². The normalized spacial score (nSPS) is 20.2. The van der Waals surface area contributed by atoms with Crippen LogP contribution in [-0.4, -0.2) is 44.0 Å². The number of aryl methyl sites for hydroxylation is 1. The highest BCUT2D eigenvalue weighted by atomic mass is 16.1. The van der Waals surface area contributed by atoms with Crippen molar-refractivity contribution in [1.29, 1.82) is 0 Å². The summed E-state index contributed by atoms with van der Waals surface area (Å²) in [4.78, 5) is 16.8. The zero-order valence-corrected chi connectivity index (χ0v) is 13.1. The van der Waals surface area contributed by atoms with Crippen LogP contribution in [0.15, 0.2) is 18.2 Å². The number of hydrogen-bond donors (Lipinski definition) is 1. The second-order valence-electron chi connectivity index (χ2n) is 6.41. The zero-order valence-electron chi connectivity index (χ0n) is 13.1. The Hall–Kier alpha value is -1.55. The smallest absolute Gasteiger partial charge is 0.227 e. The molecule has 1 saturated heterocycles. The van der Waals surface area contributed by atoms with Crippen molar-refractivity contribution >= 4 is 17.3 Å². The number of benzene rings is 1. The van der Waals surface area contributed by atoms with Gasteiger partial charge in [0.05, 0.1) is 0 Å². The third-order valence-corrected chi connectivity index (χ3v) is 4.81. The standard InChI is InChI=1S/C17H25N3O/c1-13-12-15(20-10-8-19(2)9-11-20)6-7-16(13)18-17(21)14-4-3-5-14/h6-7,12,14H,3-5,8-11H2,1-2H3,(H,18,21). The largest absolute Gasteiger partial charge is 0.369 e. The van der Waals surface area contributed by atoms with Crippen LogP contribution in [0.5, 0.6) is 0 Å². The number of carbonyl (C=O) groups excluding carboxylic acids is 1. The first-order valence-electron chi connectivity index (χ1n) is 7.98. The highest BCUT2D eigenvalue weighted by Gasteiger charge is 2.25. The van der Waals surface area contributed by atoms with E-state index in [0.29, 0.717) is 0 Å². The molecule has 1 aliphatic heterocycles. The average Bonchev–Trinajstić information content (AvgIpc) is 2.40. The molecule has 1 N–H and O–H groups in total. The number of amides is 1. The number of carbonyl (C=O) groups is 1. The number of hydrogen-bond acceptors (Lipinski definition) is 3. The molecule has 1 aromatic rings. The molecule has 4 heteroatoms. The summed E-state index contributed by atoms with van der Waals surface area (Å²) in [5.74, 6) is 0.429. The number of nitrogens with zero attached hydrogens (tertiary/aromatic N) is 2. The van der Waals surface area contributed by atoms with Gasteiger partial charge < -0.3 is 15.1 Å². The Labute approximate surface area is 127 Å². The molecule has 1 amide bonds.